The van der Waals surface area contributed by atoms with Crippen LogP contribution in [0.15, 0.2) is 24.3 Å². The van der Waals surface area contributed by atoms with E-state index < -0.39 is 23.2 Å². The fourth-order valence-corrected chi connectivity index (χ4v) is 3.88. The summed E-state index contributed by atoms with van der Waals surface area (Å²) in [5.41, 5.74) is -1.04. The first kappa shape index (κ1) is 28.1. The summed E-state index contributed by atoms with van der Waals surface area (Å²) in [5.74, 6) is -1.61. The fourth-order valence-electron chi connectivity index (χ4n) is 3.88. The Labute approximate surface area is 194 Å². The van der Waals surface area contributed by atoms with Gasteiger partial charge in [0.05, 0.1) is 6.61 Å². The topological polar surface area (TPSA) is 52.6 Å². The van der Waals surface area contributed by atoms with Crippen LogP contribution in [0.2, 0.25) is 0 Å². The van der Waals surface area contributed by atoms with Gasteiger partial charge in [-0.1, -0.05) is 103 Å². The Bertz CT molecular complexity index is 655. The maximum atomic E-state index is 13.8. The van der Waals surface area contributed by atoms with E-state index in [1.165, 1.54) is 57.4 Å². The molecule has 1 aromatic rings. The Morgan fingerprint density at radius 1 is 0.750 bits per heavy atom. The number of benzene rings is 1. The average Bonchev–Trinajstić information content (AvgIpc) is 2.80. The van der Waals surface area contributed by atoms with E-state index in [1.807, 2.05) is 0 Å². The number of hydrogen-bond acceptors (Lipinski definition) is 4. The second kappa shape index (κ2) is 16.7. The predicted octanol–water partition coefficient (Wildman–Crippen LogP) is 7.53. The molecule has 0 saturated heterocycles. The molecule has 0 aliphatic rings. The van der Waals surface area contributed by atoms with E-state index in [0.717, 1.165) is 19.3 Å². The smallest absolute Gasteiger partial charge is 0.323 e. The van der Waals surface area contributed by atoms with Crippen molar-refractivity contribution in [2.45, 2.75) is 111 Å². The lowest BCUT2D eigenvalue weighted by Gasteiger charge is -2.27. The Morgan fingerprint density at radius 3 is 1.78 bits per heavy atom. The van der Waals surface area contributed by atoms with Crippen LogP contribution in [0.3, 0.4) is 0 Å². The van der Waals surface area contributed by atoms with Gasteiger partial charge in [0.15, 0.2) is 5.41 Å². The van der Waals surface area contributed by atoms with Crippen molar-refractivity contribution in [3.05, 3.63) is 35.6 Å². The average molecular weight is 451 g/mol. The molecule has 0 saturated carbocycles. The number of carbonyl (C=O) groups excluding carboxylic acids is 2. The SMILES string of the molecule is CCCCCCCCCCCCCOC(=O)C(CC)(CC)C(=O)OCc1ccccc1F. The number of esters is 2. The van der Waals surface area contributed by atoms with Gasteiger partial charge in [0.25, 0.3) is 0 Å². The molecule has 0 atom stereocenters. The molecular weight excluding hydrogens is 407 g/mol. The molecule has 0 aliphatic heterocycles. The van der Waals surface area contributed by atoms with Crippen molar-refractivity contribution in [1.82, 2.24) is 0 Å². The number of hydrogen-bond donors (Lipinski definition) is 0. The molecule has 0 radical (unpaired) electrons. The quantitative estimate of drug-likeness (QED) is 0.132. The molecule has 0 aliphatic carbocycles. The van der Waals surface area contributed by atoms with Crippen LogP contribution in [0.4, 0.5) is 4.39 Å². The maximum absolute atomic E-state index is 13.8. The third-order valence-corrected chi connectivity index (χ3v) is 6.29. The zero-order valence-corrected chi connectivity index (χ0v) is 20.4. The molecule has 182 valence electrons. The van der Waals surface area contributed by atoms with E-state index >= 15 is 0 Å². The second-order valence-electron chi connectivity index (χ2n) is 8.63. The molecule has 1 aromatic carbocycles. The zero-order chi connectivity index (χ0) is 23.7. The van der Waals surface area contributed by atoms with Gasteiger partial charge >= 0.3 is 11.9 Å². The minimum absolute atomic E-state index is 0.195. The highest BCUT2D eigenvalue weighted by atomic mass is 19.1. The maximum Gasteiger partial charge on any atom is 0.323 e. The normalized spacial score (nSPS) is 11.4. The molecule has 32 heavy (non-hydrogen) atoms. The minimum atomic E-state index is -1.33. The van der Waals surface area contributed by atoms with E-state index in [-0.39, 0.29) is 25.0 Å². The Kier molecular flexibility index (Phi) is 14.7. The summed E-state index contributed by atoms with van der Waals surface area (Å²) < 4.78 is 24.5. The van der Waals surface area contributed by atoms with Gasteiger partial charge in [-0.05, 0) is 25.3 Å². The van der Waals surface area contributed by atoms with Crippen LogP contribution in [0.1, 0.15) is 110 Å². The Hall–Kier alpha value is -1.91. The Balaban J connectivity index is 2.30. The van der Waals surface area contributed by atoms with Crippen molar-refractivity contribution < 1.29 is 23.5 Å². The summed E-state index contributed by atoms with van der Waals surface area (Å²) >= 11 is 0. The highest BCUT2D eigenvalue weighted by Crippen LogP contribution is 2.31. The van der Waals surface area contributed by atoms with E-state index in [1.54, 1.807) is 32.0 Å². The lowest BCUT2D eigenvalue weighted by atomic mass is 9.82. The van der Waals surface area contributed by atoms with Crippen molar-refractivity contribution in [1.29, 1.82) is 0 Å². The lowest BCUT2D eigenvalue weighted by molar-refractivity contribution is -0.174. The first-order chi connectivity index (χ1) is 15.5. The summed E-state index contributed by atoms with van der Waals surface area (Å²) in [6, 6.07) is 6.14. The van der Waals surface area contributed by atoms with Gasteiger partial charge in [0.1, 0.15) is 12.4 Å². The molecule has 0 bridgehead atoms. The highest BCUT2D eigenvalue weighted by molar-refractivity contribution is 5.99. The van der Waals surface area contributed by atoms with Gasteiger partial charge in [-0.15, -0.1) is 0 Å². The summed E-state index contributed by atoms with van der Waals surface area (Å²) in [6.45, 7) is 5.91. The van der Waals surface area contributed by atoms with Gasteiger partial charge in [0, 0.05) is 5.56 Å². The summed E-state index contributed by atoms with van der Waals surface area (Å²) in [5, 5.41) is 0. The predicted molar refractivity (Wildman–Crippen MR) is 127 cm³/mol. The van der Waals surface area contributed by atoms with Crippen molar-refractivity contribution >= 4 is 11.9 Å². The molecule has 0 N–H and O–H groups in total. The second-order valence-corrected chi connectivity index (χ2v) is 8.63. The van der Waals surface area contributed by atoms with Crippen molar-refractivity contribution in [2.75, 3.05) is 6.61 Å². The Morgan fingerprint density at radius 2 is 1.25 bits per heavy atom. The van der Waals surface area contributed by atoms with Gasteiger partial charge < -0.3 is 9.47 Å². The molecule has 0 heterocycles. The van der Waals surface area contributed by atoms with Gasteiger partial charge in [-0.3, -0.25) is 9.59 Å². The van der Waals surface area contributed by atoms with Crippen molar-refractivity contribution in [3.8, 4) is 0 Å². The molecule has 1 rings (SSSR count). The fraction of sp³-hybridized carbons (Fsp3) is 0.704. The summed E-state index contributed by atoms with van der Waals surface area (Å²) in [7, 11) is 0. The highest BCUT2D eigenvalue weighted by Gasteiger charge is 2.45. The van der Waals surface area contributed by atoms with Crippen molar-refractivity contribution in [2.24, 2.45) is 5.41 Å². The van der Waals surface area contributed by atoms with Crippen LogP contribution < -0.4 is 0 Å². The van der Waals surface area contributed by atoms with Crippen LogP contribution in [0.25, 0.3) is 0 Å². The molecule has 0 aromatic heterocycles. The van der Waals surface area contributed by atoms with Crippen LogP contribution >= 0.6 is 0 Å². The molecule has 0 spiro atoms. The number of ether oxygens (including phenoxy) is 2. The molecular formula is C27H43FO4. The number of unbranched alkanes of at least 4 members (excludes halogenated alkanes) is 10. The van der Waals surface area contributed by atoms with E-state index in [0.29, 0.717) is 6.61 Å². The minimum Gasteiger partial charge on any atom is -0.465 e. The largest absolute Gasteiger partial charge is 0.465 e. The zero-order valence-electron chi connectivity index (χ0n) is 20.4. The molecule has 0 amide bonds. The standard InChI is InChI=1S/C27H43FO4/c1-4-7-8-9-10-11-12-13-14-15-18-21-31-25(29)27(5-2,6-3)26(30)32-22-23-19-16-17-20-24(23)28/h16-17,19-20H,4-15,18,21-22H2,1-3H3. The molecule has 4 nitrogen and oxygen atoms in total. The summed E-state index contributed by atoms with van der Waals surface area (Å²) in [4.78, 5) is 25.5. The van der Waals surface area contributed by atoms with Crippen LogP contribution in [0.5, 0.6) is 0 Å². The van der Waals surface area contributed by atoms with Crippen LogP contribution in [-0.2, 0) is 25.7 Å². The number of halogens is 1. The van der Waals surface area contributed by atoms with E-state index in [2.05, 4.69) is 6.92 Å². The van der Waals surface area contributed by atoms with Crippen LogP contribution in [0, 0.1) is 11.2 Å². The van der Waals surface area contributed by atoms with Gasteiger partial charge in [-0.2, -0.15) is 0 Å². The summed E-state index contributed by atoms with van der Waals surface area (Å²) in [6.07, 6.45) is 14.0. The molecule has 0 unspecified atom stereocenters. The number of carbonyl (C=O) groups is 2. The first-order valence-electron chi connectivity index (χ1n) is 12.6. The van der Waals surface area contributed by atoms with E-state index in [4.69, 9.17) is 9.47 Å². The third-order valence-electron chi connectivity index (χ3n) is 6.29. The molecule has 5 heteroatoms. The van der Waals surface area contributed by atoms with Crippen LogP contribution in [-0.4, -0.2) is 18.5 Å². The lowest BCUT2D eigenvalue weighted by Crippen LogP contribution is -2.41. The first-order valence-corrected chi connectivity index (χ1v) is 12.6. The third kappa shape index (κ3) is 9.70. The monoisotopic (exact) mass is 450 g/mol. The molecule has 0 fully saturated rings. The van der Waals surface area contributed by atoms with Crippen molar-refractivity contribution in [3.63, 3.8) is 0 Å². The van der Waals surface area contributed by atoms with Gasteiger partial charge in [-0.25, -0.2) is 4.39 Å². The number of rotatable bonds is 18. The van der Waals surface area contributed by atoms with E-state index in [9.17, 15) is 14.0 Å². The van der Waals surface area contributed by atoms with Gasteiger partial charge in [0.2, 0.25) is 0 Å².